The number of amides is 2. The zero-order chi connectivity index (χ0) is 17.6. The Bertz CT molecular complexity index is 767. The molecule has 3 rings (SSSR count). The average molecular weight is 337 g/mol. The monoisotopic (exact) mass is 337 g/mol. The first-order chi connectivity index (χ1) is 12.1. The van der Waals surface area contributed by atoms with Crippen LogP contribution in [0.5, 0.6) is 0 Å². The maximum absolute atomic E-state index is 12.4. The SMILES string of the molecule is Nc1ccccc1C(=O)Nc1cccc(NC(=O)C2CCCCC2)c1. The van der Waals surface area contributed by atoms with E-state index in [0.717, 1.165) is 25.7 Å². The lowest BCUT2D eigenvalue weighted by Crippen LogP contribution is -2.24. The van der Waals surface area contributed by atoms with Crippen molar-refractivity contribution in [1.29, 1.82) is 0 Å². The Balaban J connectivity index is 1.66. The van der Waals surface area contributed by atoms with Crippen molar-refractivity contribution in [3.8, 4) is 0 Å². The van der Waals surface area contributed by atoms with Crippen molar-refractivity contribution >= 4 is 28.9 Å². The normalized spacial score (nSPS) is 14.7. The van der Waals surface area contributed by atoms with Gasteiger partial charge < -0.3 is 16.4 Å². The fourth-order valence-corrected chi connectivity index (χ4v) is 3.19. The molecule has 2 aromatic carbocycles. The van der Waals surface area contributed by atoms with E-state index >= 15 is 0 Å². The smallest absolute Gasteiger partial charge is 0.257 e. The molecule has 0 radical (unpaired) electrons. The minimum absolute atomic E-state index is 0.0653. The van der Waals surface area contributed by atoms with Crippen molar-refractivity contribution in [2.24, 2.45) is 5.92 Å². The molecule has 1 aliphatic rings. The molecule has 0 bridgehead atoms. The van der Waals surface area contributed by atoms with Crippen molar-refractivity contribution in [2.45, 2.75) is 32.1 Å². The molecule has 4 N–H and O–H groups in total. The summed E-state index contributed by atoms with van der Waals surface area (Å²) in [6.45, 7) is 0. The van der Waals surface area contributed by atoms with Crippen LogP contribution in [0.1, 0.15) is 42.5 Å². The minimum Gasteiger partial charge on any atom is -0.398 e. The predicted octanol–water partition coefficient (Wildman–Crippen LogP) is 4.04. The zero-order valence-corrected chi connectivity index (χ0v) is 14.1. The Hall–Kier alpha value is -2.82. The van der Waals surface area contributed by atoms with Gasteiger partial charge in [-0.05, 0) is 43.2 Å². The highest BCUT2D eigenvalue weighted by atomic mass is 16.2. The molecule has 0 spiro atoms. The fourth-order valence-electron chi connectivity index (χ4n) is 3.19. The Morgan fingerprint density at radius 1 is 0.880 bits per heavy atom. The molecule has 0 aromatic heterocycles. The first-order valence-corrected chi connectivity index (χ1v) is 8.70. The highest BCUT2D eigenvalue weighted by Crippen LogP contribution is 2.25. The first kappa shape index (κ1) is 17.0. The van der Waals surface area contributed by atoms with E-state index in [9.17, 15) is 9.59 Å². The molecule has 0 saturated heterocycles. The third-order valence-electron chi connectivity index (χ3n) is 4.57. The lowest BCUT2D eigenvalue weighted by molar-refractivity contribution is -0.120. The van der Waals surface area contributed by atoms with Crippen LogP contribution in [-0.2, 0) is 4.79 Å². The molecule has 2 aromatic rings. The average Bonchev–Trinajstić information content (AvgIpc) is 2.63. The standard InChI is InChI=1S/C20H23N3O2/c21-18-12-5-4-11-17(18)20(25)23-16-10-6-9-15(13-16)22-19(24)14-7-2-1-3-8-14/h4-6,9-14H,1-3,7-8,21H2,(H,22,24)(H,23,25). The molecule has 1 fully saturated rings. The second-order valence-corrected chi connectivity index (χ2v) is 6.45. The van der Waals surface area contributed by atoms with Gasteiger partial charge in [0.1, 0.15) is 0 Å². The van der Waals surface area contributed by atoms with Gasteiger partial charge in [0.25, 0.3) is 5.91 Å². The number of benzene rings is 2. The molecule has 130 valence electrons. The lowest BCUT2D eigenvalue weighted by atomic mass is 9.88. The number of hydrogen-bond donors (Lipinski definition) is 3. The van der Waals surface area contributed by atoms with Crippen LogP contribution in [0.2, 0.25) is 0 Å². The Morgan fingerprint density at radius 3 is 2.28 bits per heavy atom. The van der Waals surface area contributed by atoms with Gasteiger partial charge in [0.2, 0.25) is 5.91 Å². The molecule has 0 atom stereocenters. The summed E-state index contributed by atoms with van der Waals surface area (Å²) < 4.78 is 0. The Labute approximate surface area is 147 Å². The van der Waals surface area contributed by atoms with Crippen LogP contribution in [0.15, 0.2) is 48.5 Å². The molecule has 0 aliphatic heterocycles. The van der Waals surface area contributed by atoms with Gasteiger partial charge in [0.05, 0.1) is 5.56 Å². The van der Waals surface area contributed by atoms with Gasteiger partial charge >= 0.3 is 0 Å². The topological polar surface area (TPSA) is 84.2 Å². The Kier molecular flexibility index (Phi) is 5.33. The molecular weight excluding hydrogens is 314 g/mol. The molecule has 25 heavy (non-hydrogen) atoms. The third-order valence-corrected chi connectivity index (χ3v) is 4.57. The second kappa shape index (κ2) is 7.83. The second-order valence-electron chi connectivity index (χ2n) is 6.45. The summed E-state index contributed by atoms with van der Waals surface area (Å²) in [7, 11) is 0. The van der Waals surface area contributed by atoms with E-state index < -0.39 is 0 Å². The van der Waals surface area contributed by atoms with E-state index in [1.807, 2.05) is 6.07 Å². The summed E-state index contributed by atoms with van der Waals surface area (Å²) in [6.07, 6.45) is 5.36. The highest BCUT2D eigenvalue weighted by Gasteiger charge is 2.21. The number of para-hydroxylation sites is 1. The van der Waals surface area contributed by atoms with Gasteiger partial charge in [-0.25, -0.2) is 0 Å². The maximum Gasteiger partial charge on any atom is 0.257 e. The summed E-state index contributed by atoms with van der Waals surface area (Å²) in [6, 6.07) is 14.1. The van der Waals surface area contributed by atoms with Gasteiger partial charge in [-0.3, -0.25) is 9.59 Å². The van der Waals surface area contributed by atoms with E-state index in [1.165, 1.54) is 6.42 Å². The van der Waals surface area contributed by atoms with E-state index in [2.05, 4.69) is 10.6 Å². The van der Waals surface area contributed by atoms with E-state index in [0.29, 0.717) is 22.6 Å². The number of carbonyl (C=O) groups is 2. The molecule has 5 nitrogen and oxygen atoms in total. The van der Waals surface area contributed by atoms with Crippen LogP contribution < -0.4 is 16.4 Å². The number of carbonyl (C=O) groups excluding carboxylic acids is 2. The number of hydrogen-bond acceptors (Lipinski definition) is 3. The van der Waals surface area contributed by atoms with E-state index in [4.69, 9.17) is 5.73 Å². The molecule has 5 heteroatoms. The van der Waals surface area contributed by atoms with Crippen molar-refractivity contribution in [2.75, 3.05) is 16.4 Å². The fraction of sp³-hybridized carbons (Fsp3) is 0.300. The van der Waals surface area contributed by atoms with Crippen LogP contribution in [0.4, 0.5) is 17.1 Å². The first-order valence-electron chi connectivity index (χ1n) is 8.70. The molecule has 0 heterocycles. The number of nitrogens with one attached hydrogen (secondary N) is 2. The summed E-state index contributed by atoms with van der Waals surface area (Å²) in [4.78, 5) is 24.7. The van der Waals surface area contributed by atoms with Gasteiger partial charge in [0.15, 0.2) is 0 Å². The van der Waals surface area contributed by atoms with Gasteiger partial charge in [-0.15, -0.1) is 0 Å². The molecule has 1 saturated carbocycles. The highest BCUT2D eigenvalue weighted by molar-refractivity contribution is 6.08. The van der Waals surface area contributed by atoms with Crippen molar-refractivity contribution in [3.63, 3.8) is 0 Å². The summed E-state index contributed by atoms with van der Waals surface area (Å²) in [5.41, 5.74) is 8.01. The Morgan fingerprint density at radius 2 is 1.56 bits per heavy atom. The number of nitrogens with two attached hydrogens (primary N) is 1. The summed E-state index contributed by atoms with van der Waals surface area (Å²) >= 11 is 0. The van der Waals surface area contributed by atoms with Crippen molar-refractivity contribution in [1.82, 2.24) is 0 Å². The molecular formula is C20H23N3O2. The van der Waals surface area contributed by atoms with Crippen LogP contribution in [-0.4, -0.2) is 11.8 Å². The zero-order valence-electron chi connectivity index (χ0n) is 14.1. The lowest BCUT2D eigenvalue weighted by Gasteiger charge is -2.20. The van der Waals surface area contributed by atoms with Crippen LogP contribution in [0.3, 0.4) is 0 Å². The van der Waals surface area contributed by atoms with Crippen molar-refractivity contribution in [3.05, 3.63) is 54.1 Å². The van der Waals surface area contributed by atoms with Gasteiger partial charge in [-0.1, -0.05) is 37.5 Å². The van der Waals surface area contributed by atoms with Crippen LogP contribution >= 0.6 is 0 Å². The summed E-state index contributed by atoms with van der Waals surface area (Å²) in [5, 5.41) is 5.78. The largest absolute Gasteiger partial charge is 0.398 e. The van der Waals surface area contributed by atoms with E-state index in [-0.39, 0.29) is 17.7 Å². The van der Waals surface area contributed by atoms with Crippen molar-refractivity contribution < 1.29 is 9.59 Å². The third kappa shape index (κ3) is 4.38. The van der Waals surface area contributed by atoms with Gasteiger partial charge in [-0.2, -0.15) is 0 Å². The maximum atomic E-state index is 12.4. The summed E-state index contributed by atoms with van der Waals surface area (Å²) in [5.74, 6) is -0.111. The minimum atomic E-state index is -0.270. The van der Waals surface area contributed by atoms with Gasteiger partial charge in [0, 0.05) is 23.0 Å². The van der Waals surface area contributed by atoms with Crippen LogP contribution in [0.25, 0.3) is 0 Å². The quantitative estimate of drug-likeness (QED) is 0.736. The number of rotatable bonds is 4. The van der Waals surface area contributed by atoms with Crippen LogP contribution in [0, 0.1) is 5.92 Å². The molecule has 1 aliphatic carbocycles. The number of nitrogen functional groups attached to an aromatic ring is 1. The molecule has 0 unspecified atom stereocenters. The number of anilines is 3. The predicted molar refractivity (Wildman–Crippen MR) is 100 cm³/mol. The van der Waals surface area contributed by atoms with E-state index in [1.54, 1.807) is 42.5 Å². The molecule has 2 amide bonds.